The van der Waals surface area contributed by atoms with Crippen LogP contribution in [0.3, 0.4) is 0 Å². The Kier molecular flexibility index (Phi) is 3.30. The van der Waals surface area contributed by atoms with Crippen LogP contribution in [0.15, 0.2) is 0 Å². The Hall–Kier alpha value is -0.120. The number of aliphatic hydroxyl groups excluding tert-OH is 1. The highest BCUT2D eigenvalue weighted by Crippen LogP contribution is 2.14. The van der Waals surface area contributed by atoms with Gasteiger partial charge in [0.1, 0.15) is 0 Å². The highest BCUT2D eigenvalue weighted by Gasteiger charge is 2.24. The number of likely N-dealkylation sites (N-methyl/N-ethyl adjacent to an activating group) is 2. The van der Waals surface area contributed by atoms with Crippen molar-refractivity contribution in [3.05, 3.63) is 0 Å². The van der Waals surface area contributed by atoms with Gasteiger partial charge in [0.15, 0.2) is 0 Å². The maximum atomic E-state index is 8.65. The Morgan fingerprint density at radius 2 is 2.36 bits per heavy atom. The molecule has 1 aliphatic rings. The van der Waals surface area contributed by atoms with Crippen LogP contribution in [0.25, 0.3) is 0 Å². The molecule has 1 atom stereocenters. The molecule has 0 saturated carbocycles. The van der Waals surface area contributed by atoms with Gasteiger partial charge >= 0.3 is 0 Å². The van der Waals surface area contributed by atoms with Crippen LogP contribution in [-0.4, -0.2) is 61.3 Å². The fourth-order valence-corrected chi connectivity index (χ4v) is 1.42. The first kappa shape index (κ1) is 8.97. The second-order valence-electron chi connectivity index (χ2n) is 3.41. The largest absolute Gasteiger partial charge is 0.395 e. The molecule has 0 bridgehead atoms. The van der Waals surface area contributed by atoms with Crippen molar-refractivity contribution in [1.82, 2.24) is 9.80 Å². The number of rotatable bonds is 4. The van der Waals surface area contributed by atoms with E-state index in [4.69, 9.17) is 5.11 Å². The molecule has 11 heavy (non-hydrogen) atoms. The van der Waals surface area contributed by atoms with Gasteiger partial charge in [0.05, 0.1) is 6.61 Å². The van der Waals surface area contributed by atoms with Crippen LogP contribution in [0.4, 0.5) is 0 Å². The minimum Gasteiger partial charge on any atom is -0.395 e. The molecular weight excluding hydrogens is 140 g/mol. The lowest BCUT2D eigenvalue weighted by atomic mass is 10.0. The summed E-state index contributed by atoms with van der Waals surface area (Å²) in [6, 6.07) is 0.728. The standard InChI is InChI=1S/C8H18N2O/c1-9(5-6-11)7-8-3-4-10(8)2/h8,11H,3-7H2,1-2H3. The zero-order chi connectivity index (χ0) is 8.27. The summed E-state index contributed by atoms with van der Waals surface area (Å²) in [5, 5.41) is 8.65. The molecule has 1 saturated heterocycles. The third-order valence-electron chi connectivity index (χ3n) is 2.44. The first-order valence-corrected chi connectivity index (χ1v) is 4.23. The van der Waals surface area contributed by atoms with Crippen molar-refractivity contribution >= 4 is 0 Å². The molecule has 0 spiro atoms. The topological polar surface area (TPSA) is 26.7 Å². The van der Waals surface area contributed by atoms with E-state index >= 15 is 0 Å². The molecule has 0 aromatic carbocycles. The van der Waals surface area contributed by atoms with Crippen molar-refractivity contribution in [1.29, 1.82) is 0 Å². The van der Waals surface area contributed by atoms with E-state index in [2.05, 4.69) is 23.9 Å². The van der Waals surface area contributed by atoms with Gasteiger partial charge in [-0.25, -0.2) is 0 Å². The smallest absolute Gasteiger partial charge is 0.0558 e. The highest BCUT2D eigenvalue weighted by molar-refractivity contribution is 4.81. The monoisotopic (exact) mass is 158 g/mol. The minimum absolute atomic E-state index is 0.271. The third kappa shape index (κ3) is 2.43. The van der Waals surface area contributed by atoms with E-state index < -0.39 is 0 Å². The van der Waals surface area contributed by atoms with Crippen LogP contribution in [-0.2, 0) is 0 Å². The highest BCUT2D eigenvalue weighted by atomic mass is 16.3. The predicted octanol–water partition coefficient (Wildman–Crippen LogP) is -0.385. The van der Waals surface area contributed by atoms with E-state index in [0.717, 1.165) is 19.1 Å². The van der Waals surface area contributed by atoms with Gasteiger partial charge in [-0.2, -0.15) is 0 Å². The molecule has 0 radical (unpaired) electrons. The Morgan fingerprint density at radius 3 is 2.73 bits per heavy atom. The number of nitrogens with zero attached hydrogens (tertiary/aromatic N) is 2. The molecule has 3 nitrogen and oxygen atoms in total. The SMILES string of the molecule is CN(CCO)CC1CCN1C. The molecule has 0 amide bonds. The second-order valence-corrected chi connectivity index (χ2v) is 3.41. The summed E-state index contributed by atoms with van der Waals surface area (Å²) < 4.78 is 0. The second kappa shape index (κ2) is 4.04. The Bertz CT molecular complexity index is 119. The van der Waals surface area contributed by atoms with Crippen LogP contribution in [0.1, 0.15) is 6.42 Å². The fraction of sp³-hybridized carbons (Fsp3) is 1.00. The van der Waals surface area contributed by atoms with Crippen LogP contribution in [0.5, 0.6) is 0 Å². The van der Waals surface area contributed by atoms with E-state index in [1.165, 1.54) is 13.0 Å². The quantitative estimate of drug-likeness (QED) is 0.604. The molecule has 1 aliphatic heterocycles. The van der Waals surface area contributed by atoms with Gasteiger partial charge in [0, 0.05) is 19.1 Å². The Balaban J connectivity index is 2.09. The summed E-state index contributed by atoms with van der Waals surface area (Å²) in [5.74, 6) is 0. The van der Waals surface area contributed by atoms with Crippen molar-refractivity contribution in [3.8, 4) is 0 Å². The van der Waals surface area contributed by atoms with E-state index in [-0.39, 0.29) is 6.61 Å². The summed E-state index contributed by atoms with van der Waals surface area (Å²) in [6.45, 7) is 3.39. The third-order valence-corrected chi connectivity index (χ3v) is 2.44. The molecular formula is C8H18N2O. The Morgan fingerprint density at radius 1 is 1.64 bits per heavy atom. The first-order chi connectivity index (χ1) is 5.24. The summed E-state index contributed by atoms with van der Waals surface area (Å²) in [5.41, 5.74) is 0. The Labute approximate surface area is 68.6 Å². The van der Waals surface area contributed by atoms with Gasteiger partial charge in [0.25, 0.3) is 0 Å². The summed E-state index contributed by atoms with van der Waals surface area (Å²) in [7, 11) is 4.21. The first-order valence-electron chi connectivity index (χ1n) is 4.23. The number of hydrogen-bond donors (Lipinski definition) is 1. The van der Waals surface area contributed by atoms with Gasteiger partial charge < -0.3 is 14.9 Å². The normalized spacial score (nSPS) is 25.6. The number of aliphatic hydroxyl groups is 1. The zero-order valence-corrected chi connectivity index (χ0v) is 7.45. The van der Waals surface area contributed by atoms with E-state index in [1.807, 2.05) is 0 Å². The van der Waals surface area contributed by atoms with E-state index in [0.29, 0.717) is 0 Å². The molecule has 1 fully saturated rings. The molecule has 66 valence electrons. The van der Waals surface area contributed by atoms with Crippen molar-refractivity contribution < 1.29 is 5.11 Å². The lowest BCUT2D eigenvalue weighted by Crippen LogP contribution is -2.50. The summed E-state index contributed by atoms with van der Waals surface area (Å²) in [4.78, 5) is 4.54. The molecule has 1 unspecified atom stereocenters. The maximum Gasteiger partial charge on any atom is 0.0558 e. The summed E-state index contributed by atoms with van der Waals surface area (Å²) >= 11 is 0. The van der Waals surface area contributed by atoms with Gasteiger partial charge in [-0.1, -0.05) is 0 Å². The van der Waals surface area contributed by atoms with Crippen LogP contribution >= 0.6 is 0 Å². The zero-order valence-electron chi connectivity index (χ0n) is 7.45. The van der Waals surface area contributed by atoms with Gasteiger partial charge in [-0.05, 0) is 27.1 Å². The lowest BCUT2D eigenvalue weighted by molar-refractivity contribution is 0.0848. The van der Waals surface area contributed by atoms with E-state index in [9.17, 15) is 0 Å². The molecule has 0 aromatic rings. The number of likely N-dealkylation sites (tertiary alicyclic amines) is 1. The van der Waals surface area contributed by atoms with Gasteiger partial charge in [-0.15, -0.1) is 0 Å². The van der Waals surface area contributed by atoms with Crippen molar-refractivity contribution in [2.24, 2.45) is 0 Å². The van der Waals surface area contributed by atoms with Crippen molar-refractivity contribution in [2.75, 3.05) is 40.3 Å². The van der Waals surface area contributed by atoms with Crippen molar-refractivity contribution in [2.45, 2.75) is 12.5 Å². The fourth-order valence-electron chi connectivity index (χ4n) is 1.42. The molecule has 3 heteroatoms. The van der Waals surface area contributed by atoms with E-state index in [1.54, 1.807) is 0 Å². The van der Waals surface area contributed by atoms with Crippen LogP contribution in [0.2, 0.25) is 0 Å². The molecule has 0 aromatic heterocycles. The molecule has 1 N–H and O–H groups in total. The average Bonchev–Trinajstić information content (AvgIpc) is 1.98. The van der Waals surface area contributed by atoms with Crippen LogP contribution in [0, 0.1) is 0 Å². The molecule has 1 rings (SSSR count). The average molecular weight is 158 g/mol. The van der Waals surface area contributed by atoms with Crippen molar-refractivity contribution in [3.63, 3.8) is 0 Å². The predicted molar refractivity (Wildman–Crippen MR) is 45.6 cm³/mol. The lowest BCUT2D eigenvalue weighted by Gasteiger charge is -2.40. The van der Waals surface area contributed by atoms with Crippen LogP contribution < -0.4 is 0 Å². The minimum atomic E-state index is 0.271. The summed E-state index contributed by atoms with van der Waals surface area (Å²) in [6.07, 6.45) is 1.31. The maximum absolute atomic E-state index is 8.65. The molecule has 0 aliphatic carbocycles. The number of hydrogen-bond acceptors (Lipinski definition) is 3. The molecule has 1 heterocycles. The van der Waals surface area contributed by atoms with Gasteiger partial charge in [0.2, 0.25) is 0 Å². The van der Waals surface area contributed by atoms with Gasteiger partial charge in [-0.3, -0.25) is 0 Å².